The average Bonchev–Trinajstić information content (AvgIpc) is 2.29. The van der Waals surface area contributed by atoms with Crippen LogP contribution in [0.3, 0.4) is 0 Å². The number of alkyl halides is 3. The zero-order valence-corrected chi connectivity index (χ0v) is 12.4. The van der Waals surface area contributed by atoms with Gasteiger partial charge in [-0.2, -0.15) is 24.9 Å². The van der Waals surface area contributed by atoms with Crippen LogP contribution >= 0.6 is 27.7 Å². The molecule has 6 heteroatoms. The van der Waals surface area contributed by atoms with E-state index in [9.17, 15) is 13.2 Å². The molecule has 1 aromatic rings. The molecule has 0 radical (unpaired) electrons. The Morgan fingerprint density at radius 2 is 2.00 bits per heavy atom. The van der Waals surface area contributed by atoms with Crippen LogP contribution in [0.5, 0.6) is 0 Å². The van der Waals surface area contributed by atoms with E-state index in [1.54, 1.807) is 17.8 Å². The van der Waals surface area contributed by atoms with Crippen molar-refractivity contribution in [3.05, 3.63) is 28.2 Å². The zero-order valence-electron chi connectivity index (χ0n) is 9.98. The second-order valence-corrected chi connectivity index (χ2v) is 5.66. The van der Waals surface area contributed by atoms with Crippen LogP contribution in [0.2, 0.25) is 0 Å². The summed E-state index contributed by atoms with van der Waals surface area (Å²) < 4.78 is 38.0. The quantitative estimate of drug-likeness (QED) is 0.729. The van der Waals surface area contributed by atoms with Crippen molar-refractivity contribution < 1.29 is 13.2 Å². The van der Waals surface area contributed by atoms with Gasteiger partial charge in [0.25, 0.3) is 0 Å². The molecule has 18 heavy (non-hydrogen) atoms. The highest BCUT2D eigenvalue weighted by atomic mass is 79.9. The third kappa shape index (κ3) is 5.10. The number of benzene rings is 1. The minimum Gasteiger partial charge on any atom is -0.385 e. The van der Waals surface area contributed by atoms with Gasteiger partial charge in [0.15, 0.2) is 0 Å². The largest absolute Gasteiger partial charge is 0.417 e. The minimum atomic E-state index is -4.32. The maximum Gasteiger partial charge on any atom is 0.417 e. The van der Waals surface area contributed by atoms with Gasteiger partial charge in [-0.15, -0.1) is 0 Å². The summed E-state index contributed by atoms with van der Waals surface area (Å²) in [5.74, 6) is 1.08. The Bertz CT molecular complexity index is 382. The van der Waals surface area contributed by atoms with Gasteiger partial charge in [-0.3, -0.25) is 0 Å². The third-order valence-corrected chi connectivity index (χ3v) is 3.76. The molecule has 0 unspecified atom stereocenters. The van der Waals surface area contributed by atoms with E-state index in [0.29, 0.717) is 12.2 Å². The van der Waals surface area contributed by atoms with Gasteiger partial charge in [-0.05, 0) is 43.0 Å². The van der Waals surface area contributed by atoms with Crippen molar-refractivity contribution in [1.29, 1.82) is 0 Å². The van der Waals surface area contributed by atoms with Crippen LogP contribution in [-0.2, 0) is 6.18 Å². The summed E-state index contributed by atoms with van der Waals surface area (Å²) in [4.78, 5) is 0. The first-order valence-electron chi connectivity index (χ1n) is 5.54. The van der Waals surface area contributed by atoms with Crippen LogP contribution in [0.15, 0.2) is 22.7 Å². The van der Waals surface area contributed by atoms with E-state index in [-0.39, 0.29) is 4.47 Å². The molecule has 0 fully saturated rings. The van der Waals surface area contributed by atoms with Crippen molar-refractivity contribution >= 4 is 33.4 Å². The molecule has 0 saturated carbocycles. The Kier molecular flexibility index (Phi) is 6.35. The lowest BCUT2D eigenvalue weighted by atomic mass is 10.2. The average molecular weight is 342 g/mol. The molecular formula is C12H15BrF3NS. The summed E-state index contributed by atoms with van der Waals surface area (Å²) in [6.07, 6.45) is -0.262. The molecule has 0 atom stereocenters. The molecule has 0 aliphatic rings. The number of thioether (sulfide) groups is 1. The first-order valence-corrected chi connectivity index (χ1v) is 7.73. The number of hydrogen-bond donors (Lipinski definition) is 1. The summed E-state index contributed by atoms with van der Waals surface area (Å²) in [5, 5.41) is 3.01. The van der Waals surface area contributed by atoms with Crippen LogP contribution < -0.4 is 5.32 Å². The van der Waals surface area contributed by atoms with Crippen LogP contribution in [0.1, 0.15) is 18.4 Å². The van der Waals surface area contributed by atoms with E-state index in [2.05, 4.69) is 21.2 Å². The lowest BCUT2D eigenvalue weighted by molar-refractivity contribution is -0.138. The summed E-state index contributed by atoms with van der Waals surface area (Å²) in [6, 6.07) is 4.21. The highest BCUT2D eigenvalue weighted by Gasteiger charge is 2.33. The Balaban J connectivity index is 2.57. The van der Waals surface area contributed by atoms with E-state index < -0.39 is 11.7 Å². The first kappa shape index (κ1) is 15.7. The lowest BCUT2D eigenvalue weighted by Crippen LogP contribution is -2.08. The van der Waals surface area contributed by atoms with E-state index in [4.69, 9.17) is 0 Å². The normalized spacial score (nSPS) is 11.6. The molecule has 1 N–H and O–H groups in total. The molecule has 0 spiro atoms. The van der Waals surface area contributed by atoms with Crippen LogP contribution in [0.25, 0.3) is 0 Å². The van der Waals surface area contributed by atoms with Gasteiger partial charge in [0, 0.05) is 16.7 Å². The molecule has 0 aliphatic carbocycles. The lowest BCUT2D eigenvalue weighted by Gasteiger charge is -2.12. The molecule has 0 amide bonds. The van der Waals surface area contributed by atoms with Gasteiger partial charge in [0.2, 0.25) is 0 Å². The van der Waals surface area contributed by atoms with Crippen LogP contribution in [0.4, 0.5) is 18.9 Å². The predicted molar refractivity (Wildman–Crippen MR) is 75.2 cm³/mol. The molecule has 0 saturated heterocycles. The number of anilines is 1. The zero-order chi connectivity index (χ0) is 13.6. The Morgan fingerprint density at radius 3 is 2.61 bits per heavy atom. The van der Waals surface area contributed by atoms with Gasteiger partial charge in [-0.25, -0.2) is 0 Å². The summed E-state index contributed by atoms with van der Waals surface area (Å²) >= 11 is 4.69. The number of nitrogens with one attached hydrogen (secondary N) is 1. The maximum absolute atomic E-state index is 12.7. The second-order valence-electron chi connectivity index (χ2n) is 3.82. The van der Waals surface area contributed by atoms with Gasteiger partial charge in [-0.1, -0.05) is 15.9 Å². The molecule has 0 aliphatic heterocycles. The van der Waals surface area contributed by atoms with Gasteiger partial charge < -0.3 is 5.32 Å². The van der Waals surface area contributed by atoms with Gasteiger partial charge in [0.05, 0.1) is 5.56 Å². The van der Waals surface area contributed by atoms with E-state index in [0.717, 1.165) is 24.7 Å². The Hall–Kier alpha value is -0.360. The second kappa shape index (κ2) is 7.28. The number of unbranched alkanes of at least 4 members (excludes halogenated alkanes) is 1. The predicted octanol–water partition coefficient (Wildman–Crippen LogP) is 5.02. The molecular weight excluding hydrogens is 327 g/mol. The highest BCUT2D eigenvalue weighted by Crippen LogP contribution is 2.36. The van der Waals surface area contributed by atoms with Crippen molar-refractivity contribution in [1.82, 2.24) is 0 Å². The third-order valence-electron chi connectivity index (χ3n) is 2.38. The van der Waals surface area contributed by atoms with Crippen molar-refractivity contribution in [3.63, 3.8) is 0 Å². The standard InChI is InChI=1S/C12H15BrF3NS/c1-18-7-3-2-6-17-9-4-5-11(13)10(8-9)12(14,15)16/h4-5,8,17H,2-3,6-7H2,1H3. The maximum atomic E-state index is 12.7. The van der Waals surface area contributed by atoms with Gasteiger partial charge >= 0.3 is 6.18 Å². The fourth-order valence-electron chi connectivity index (χ4n) is 1.46. The van der Waals surface area contributed by atoms with Crippen LogP contribution in [0, 0.1) is 0 Å². The molecule has 1 aromatic carbocycles. The van der Waals surface area contributed by atoms with E-state index in [1.165, 1.54) is 6.07 Å². The van der Waals surface area contributed by atoms with E-state index in [1.807, 2.05) is 6.26 Å². The first-order chi connectivity index (χ1) is 8.45. The molecule has 0 bridgehead atoms. The van der Waals surface area contributed by atoms with Crippen molar-refractivity contribution in [2.24, 2.45) is 0 Å². The summed E-state index contributed by atoms with van der Waals surface area (Å²) in [7, 11) is 0. The number of halogens is 4. The smallest absolute Gasteiger partial charge is 0.385 e. The molecule has 1 rings (SSSR count). The van der Waals surface area contributed by atoms with Gasteiger partial charge in [0.1, 0.15) is 0 Å². The molecule has 0 heterocycles. The Labute approximate surface area is 118 Å². The summed E-state index contributed by atoms with van der Waals surface area (Å²) in [5.41, 5.74) is -0.133. The highest BCUT2D eigenvalue weighted by molar-refractivity contribution is 9.10. The topological polar surface area (TPSA) is 12.0 Å². The van der Waals surface area contributed by atoms with Crippen LogP contribution in [-0.4, -0.2) is 18.6 Å². The fourth-order valence-corrected chi connectivity index (χ4v) is 2.42. The number of hydrogen-bond acceptors (Lipinski definition) is 2. The summed E-state index contributed by atoms with van der Waals surface area (Å²) in [6.45, 7) is 0.694. The Morgan fingerprint density at radius 1 is 1.28 bits per heavy atom. The van der Waals surface area contributed by atoms with Crippen molar-refractivity contribution in [2.45, 2.75) is 19.0 Å². The molecule has 102 valence electrons. The molecule has 1 nitrogen and oxygen atoms in total. The molecule has 0 aromatic heterocycles. The van der Waals surface area contributed by atoms with Crippen molar-refractivity contribution in [2.75, 3.05) is 23.9 Å². The monoisotopic (exact) mass is 341 g/mol. The van der Waals surface area contributed by atoms with E-state index >= 15 is 0 Å². The fraction of sp³-hybridized carbons (Fsp3) is 0.500. The number of rotatable bonds is 6. The minimum absolute atomic E-state index is 0.0722. The SMILES string of the molecule is CSCCCCNc1ccc(Br)c(C(F)(F)F)c1. The van der Waals surface area contributed by atoms with Crippen molar-refractivity contribution in [3.8, 4) is 0 Å².